The molecule has 34 heavy (non-hydrogen) atoms. The smallest absolute Gasteiger partial charge is 0.191 e. The van der Waals surface area contributed by atoms with Gasteiger partial charge in [0.2, 0.25) is 0 Å². The quantitative estimate of drug-likeness (QED) is 0.228. The molecule has 1 atom stereocenters. The largest absolute Gasteiger partial charge is 0.491 e. The van der Waals surface area contributed by atoms with Crippen LogP contribution in [-0.4, -0.2) is 46.4 Å². The van der Waals surface area contributed by atoms with E-state index in [-0.39, 0.29) is 30.1 Å². The first-order chi connectivity index (χ1) is 16.2. The second-order valence-corrected chi connectivity index (χ2v) is 8.10. The Kier molecular flexibility index (Phi) is 10.1. The number of aromatic nitrogens is 3. The number of aryl methyl sites for hydroxylation is 1. The number of hydrogen-bond donors (Lipinski definition) is 2. The molecule has 2 aromatic heterocycles. The summed E-state index contributed by atoms with van der Waals surface area (Å²) in [6, 6.07) is 10.3. The minimum atomic E-state index is 0. The van der Waals surface area contributed by atoms with Gasteiger partial charge in [-0.25, -0.2) is 15.0 Å². The van der Waals surface area contributed by atoms with Crippen molar-refractivity contribution in [3.63, 3.8) is 0 Å². The maximum Gasteiger partial charge on any atom is 0.191 e. The van der Waals surface area contributed by atoms with Crippen LogP contribution in [0.15, 0.2) is 60.2 Å². The fraction of sp³-hybridized carbons (Fsp3) is 0.400. The highest BCUT2D eigenvalue weighted by Crippen LogP contribution is 2.22. The van der Waals surface area contributed by atoms with Crippen molar-refractivity contribution in [1.82, 2.24) is 25.2 Å². The minimum absolute atomic E-state index is 0. The first-order valence-corrected chi connectivity index (χ1v) is 11.5. The molecule has 8 nitrogen and oxygen atoms in total. The molecule has 0 saturated carbocycles. The number of halogens is 1. The summed E-state index contributed by atoms with van der Waals surface area (Å²) in [6.07, 6.45) is 9.56. The lowest BCUT2D eigenvalue weighted by atomic mass is 10.1. The van der Waals surface area contributed by atoms with Crippen LogP contribution in [0.4, 0.5) is 0 Å². The van der Waals surface area contributed by atoms with Gasteiger partial charge in [0.25, 0.3) is 0 Å². The molecule has 2 N–H and O–H groups in total. The van der Waals surface area contributed by atoms with E-state index in [4.69, 9.17) is 14.5 Å². The SMILES string of the molecule is CCNC(=NCc1ccc(-n2ccnc2)nc1)NCc1ccc(C)cc1OCC1CCCO1.I. The van der Waals surface area contributed by atoms with Crippen molar-refractivity contribution in [2.24, 2.45) is 4.99 Å². The molecule has 1 aliphatic heterocycles. The normalized spacial score (nSPS) is 15.6. The van der Waals surface area contributed by atoms with Crippen molar-refractivity contribution in [3.8, 4) is 11.6 Å². The van der Waals surface area contributed by atoms with Gasteiger partial charge in [0.05, 0.1) is 12.6 Å². The fourth-order valence-corrected chi connectivity index (χ4v) is 3.65. The number of nitrogens with one attached hydrogen (secondary N) is 2. The molecule has 1 aliphatic rings. The van der Waals surface area contributed by atoms with Gasteiger partial charge in [0.1, 0.15) is 24.5 Å². The molecule has 4 rings (SSSR count). The molecule has 3 heterocycles. The van der Waals surface area contributed by atoms with Gasteiger partial charge in [-0.15, -0.1) is 24.0 Å². The zero-order valence-corrected chi connectivity index (χ0v) is 22.1. The summed E-state index contributed by atoms with van der Waals surface area (Å²) in [5, 5.41) is 6.73. The van der Waals surface area contributed by atoms with Gasteiger partial charge in [0.15, 0.2) is 5.96 Å². The van der Waals surface area contributed by atoms with Crippen LogP contribution in [0.25, 0.3) is 5.82 Å². The van der Waals surface area contributed by atoms with Gasteiger partial charge in [-0.3, -0.25) is 4.57 Å². The monoisotopic (exact) mass is 576 g/mol. The Morgan fingerprint density at radius 1 is 1.26 bits per heavy atom. The molecule has 0 radical (unpaired) electrons. The Labute approximate surface area is 218 Å². The molecule has 1 aromatic carbocycles. The summed E-state index contributed by atoms with van der Waals surface area (Å²) in [5.74, 6) is 2.48. The molecule has 0 spiro atoms. The number of imidazole rings is 1. The van der Waals surface area contributed by atoms with E-state index in [0.29, 0.717) is 19.7 Å². The average Bonchev–Trinajstić information content (AvgIpc) is 3.55. The standard InChI is InChI=1S/C25H32N6O2.HI/c1-3-27-25(29-15-20-7-9-24(28-14-20)31-11-10-26-18-31)30-16-21-8-6-19(2)13-23(21)33-17-22-5-4-12-32-22;/h6-11,13-14,18,22H,3-5,12,15-17H2,1-2H3,(H2,27,29,30);1H. The second-order valence-electron chi connectivity index (χ2n) is 8.10. The predicted octanol–water partition coefficient (Wildman–Crippen LogP) is 4.01. The van der Waals surface area contributed by atoms with E-state index in [1.807, 2.05) is 29.1 Å². The third kappa shape index (κ3) is 7.42. The summed E-state index contributed by atoms with van der Waals surface area (Å²) >= 11 is 0. The Morgan fingerprint density at radius 2 is 2.18 bits per heavy atom. The van der Waals surface area contributed by atoms with Gasteiger partial charge in [-0.2, -0.15) is 0 Å². The highest BCUT2D eigenvalue weighted by molar-refractivity contribution is 14.0. The molecule has 3 aromatic rings. The third-order valence-electron chi connectivity index (χ3n) is 5.46. The van der Waals surface area contributed by atoms with E-state index in [2.05, 4.69) is 52.6 Å². The van der Waals surface area contributed by atoms with Crippen LogP contribution in [-0.2, 0) is 17.8 Å². The van der Waals surface area contributed by atoms with Gasteiger partial charge in [-0.1, -0.05) is 18.2 Å². The zero-order valence-electron chi connectivity index (χ0n) is 19.7. The summed E-state index contributed by atoms with van der Waals surface area (Å²) in [5.41, 5.74) is 3.30. The molecule has 1 fully saturated rings. The van der Waals surface area contributed by atoms with Crippen molar-refractivity contribution < 1.29 is 9.47 Å². The molecule has 0 bridgehead atoms. The van der Waals surface area contributed by atoms with Gasteiger partial charge < -0.3 is 20.1 Å². The molecule has 1 saturated heterocycles. The Balaban J connectivity index is 0.00000324. The molecule has 182 valence electrons. The Hall–Kier alpha value is -2.66. The first-order valence-electron chi connectivity index (χ1n) is 11.5. The van der Waals surface area contributed by atoms with E-state index in [1.54, 1.807) is 12.5 Å². The van der Waals surface area contributed by atoms with E-state index in [1.165, 1.54) is 5.56 Å². The van der Waals surface area contributed by atoms with Gasteiger partial charge in [-0.05, 0) is 49.9 Å². The number of aliphatic imine (C=N–C) groups is 1. The predicted molar refractivity (Wildman–Crippen MR) is 144 cm³/mol. The van der Waals surface area contributed by atoms with E-state index >= 15 is 0 Å². The lowest BCUT2D eigenvalue weighted by Crippen LogP contribution is -2.37. The number of hydrogen-bond acceptors (Lipinski definition) is 5. The molecule has 0 amide bonds. The second kappa shape index (κ2) is 13.3. The van der Waals surface area contributed by atoms with E-state index < -0.39 is 0 Å². The summed E-state index contributed by atoms with van der Waals surface area (Å²) in [6.45, 7) is 7.48. The van der Waals surface area contributed by atoms with Gasteiger partial charge >= 0.3 is 0 Å². The number of benzene rings is 1. The molecule has 1 unspecified atom stereocenters. The van der Waals surface area contributed by atoms with Crippen LogP contribution in [0.3, 0.4) is 0 Å². The van der Waals surface area contributed by atoms with Crippen molar-refractivity contribution in [2.45, 2.75) is 45.9 Å². The van der Waals surface area contributed by atoms with Crippen LogP contribution in [0.2, 0.25) is 0 Å². The highest BCUT2D eigenvalue weighted by atomic mass is 127. The van der Waals surface area contributed by atoms with Crippen molar-refractivity contribution in [2.75, 3.05) is 19.8 Å². The topological polar surface area (TPSA) is 85.6 Å². The van der Waals surface area contributed by atoms with E-state index in [9.17, 15) is 0 Å². The first kappa shape index (κ1) is 26.0. The molecular formula is C25H33IN6O2. The third-order valence-corrected chi connectivity index (χ3v) is 5.46. The lowest BCUT2D eigenvalue weighted by molar-refractivity contribution is 0.0676. The van der Waals surface area contributed by atoms with Crippen LogP contribution in [0.1, 0.15) is 36.5 Å². The Morgan fingerprint density at radius 3 is 2.88 bits per heavy atom. The molecule has 9 heteroatoms. The van der Waals surface area contributed by atoms with Crippen molar-refractivity contribution in [1.29, 1.82) is 0 Å². The van der Waals surface area contributed by atoms with Gasteiger partial charge in [0, 0.05) is 43.9 Å². The van der Waals surface area contributed by atoms with Crippen molar-refractivity contribution >= 4 is 29.9 Å². The number of pyridine rings is 1. The minimum Gasteiger partial charge on any atom is -0.491 e. The summed E-state index contributed by atoms with van der Waals surface area (Å²) in [4.78, 5) is 13.3. The lowest BCUT2D eigenvalue weighted by Gasteiger charge is -2.17. The van der Waals surface area contributed by atoms with Crippen molar-refractivity contribution in [3.05, 3.63) is 71.9 Å². The number of nitrogens with zero attached hydrogens (tertiary/aromatic N) is 4. The van der Waals surface area contributed by atoms with Crippen LogP contribution < -0.4 is 15.4 Å². The number of rotatable bonds is 9. The molecule has 0 aliphatic carbocycles. The fourth-order valence-electron chi connectivity index (χ4n) is 3.65. The average molecular weight is 576 g/mol. The molecular weight excluding hydrogens is 543 g/mol. The van der Waals surface area contributed by atoms with Crippen LogP contribution >= 0.6 is 24.0 Å². The maximum atomic E-state index is 6.13. The van der Waals surface area contributed by atoms with E-state index in [0.717, 1.165) is 54.6 Å². The maximum absolute atomic E-state index is 6.13. The summed E-state index contributed by atoms with van der Waals surface area (Å²) < 4.78 is 13.7. The van der Waals surface area contributed by atoms with Crippen LogP contribution in [0, 0.1) is 6.92 Å². The Bertz CT molecular complexity index is 1030. The number of guanidine groups is 1. The number of ether oxygens (including phenoxy) is 2. The van der Waals surface area contributed by atoms with Crippen LogP contribution in [0.5, 0.6) is 5.75 Å². The highest BCUT2D eigenvalue weighted by Gasteiger charge is 2.17. The zero-order chi connectivity index (χ0) is 22.9. The summed E-state index contributed by atoms with van der Waals surface area (Å²) in [7, 11) is 0.